The van der Waals surface area contributed by atoms with Gasteiger partial charge in [-0.3, -0.25) is 0 Å². The van der Waals surface area contributed by atoms with Gasteiger partial charge in [-0.25, -0.2) is 13.5 Å². The maximum absolute atomic E-state index is 15.1. The fourth-order valence-electron chi connectivity index (χ4n) is 2.69. The van der Waals surface area contributed by atoms with Gasteiger partial charge < -0.3 is 5.32 Å². The van der Waals surface area contributed by atoms with E-state index in [1.807, 2.05) is 0 Å². The molecular weight excluding hydrogens is 367 g/mol. The van der Waals surface area contributed by atoms with E-state index in [0.717, 1.165) is 0 Å². The summed E-state index contributed by atoms with van der Waals surface area (Å²) in [5, 5.41) is 2.72. The minimum absolute atomic E-state index is 0.350. The van der Waals surface area contributed by atoms with Crippen molar-refractivity contribution in [3.8, 4) is 0 Å². The highest BCUT2D eigenvalue weighted by Crippen LogP contribution is 2.63. The van der Waals surface area contributed by atoms with Crippen LogP contribution in [-0.4, -0.2) is 25.1 Å². The Balaban J connectivity index is 6.19. The molecule has 0 aliphatic rings. The van der Waals surface area contributed by atoms with Crippen LogP contribution in [0, 0.1) is 5.41 Å². The molecule has 0 aliphatic carbocycles. The van der Waals surface area contributed by atoms with Gasteiger partial charge in [-0.1, -0.05) is 30.2 Å². The van der Waals surface area contributed by atoms with E-state index in [1.54, 1.807) is 6.92 Å². The van der Waals surface area contributed by atoms with Crippen LogP contribution in [0.5, 0.6) is 0 Å². The first-order valence-corrected chi connectivity index (χ1v) is 8.75. The monoisotopic (exact) mass is 389 g/mol. The highest BCUT2D eigenvalue weighted by atomic mass is 31.2. The number of hydrogen-bond acceptors (Lipinski definition) is 5. The van der Waals surface area contributed by atoms with Gasteiger partial charge in [-0.15, -0.1) is 0 Å². The van der Waals surface area contributed by atoms with Crippen LogP contribution in [0.3, 0.4) is 0 Å². The third-order valence-corrected chi connectivity index (χ3v) is 5.16. The largest absolute Gasteiger partial charge is 0.540 e. The molecule has 2 unspecified atom stereocenters. The van der Waals surface area contributed by atoms with Crippen LogP contribution < -0.4 is 5.32 Å². The molecule has 0 aromatic heterocycles. The van der Waals surface area contributed by atoms with E-state index < -0.39 is 50.6 Å². The predicted molar refractivity (Wildman–Crippen MR) is 73.7 cm³/mol. The summed E-state index contributed by atoms with van der Waals surface area (Å²) in [5.74, 6) is -4.67. The van der Waals surface area contributed by atoms with E-state index >= 15 is 4.39 Å². The Hall–Kier alpha value is -0.350. The molecule has 0 bridgehead atoms. The first kappa shape index (κ1) is 23.6. The summed E-state index contributed by atoms with van der Waals surface area (Å²) in [6.45, 7) is 4.17. The van der Waals surface area contributed by atoms with Crippen LogP contribution in [0.15, 0.2) is 0 Å². The maximum Gasteiger partial charge on any atom is 0.540 e. The molecule has 0 aliphatic heterocycles. The van der Waals surface area contributed by atoms with Gasteiger partial charge in [0.25, 0.3) is 0 Å². The summed E-state index contributed by atoms with van der Waals surface area (Å²) in [4.78, 5) is 0. The Bertz CT molecular complexity index is 422. The SMILES string of the molecule is CCC(CC(CC)(CC)C(F)(OP(=O)(OF)OF)C(F)(F)F)NC. The van der Waals surface area contributed by atoms with E-state index in [9.17, 15) is 26.8 Å². The van der Waals surface area contributed by atoms with E-state index in [-0.39, 0.29) is 0 Å². The lowest BCUT2D eigenvalue weighted by Crippen LogP contribution is -2.58. The smallest absolute Gasteiger partial charge is 0.317 e. The Morgan fingerprint density at radius 1 is 1.04 bits per heavy atom. The summed E-state index contributed by atoms with van der Waals surface area (Å²) >= 11 is 0. The summed E-state index contributed by atoms with van der Waals surface area (Å²) in [7, 11) is -4.56. The fraction of sp³-hybridized carbons (Fsp3) is 1.00. The minimum Gasteiger partial charge on any atom is -0.317 e. The van der Waals surface area contributed by atoms with Crippen molar-refractivity contribution in [3.63, 3.8) is 0 Å². The van der Waals surface area contributed by atoms with Gasteiger partial charge in [0.1, 0.15) is 0 Å². The number of nitrogens with one attached hydrogen (secondary N) is 1. The number of hydrogen-bond donors (Lipinski definition) is 1. The van der Waals surface area contributed by atoms with Crippen molar-refractivity contribution in [1.82, 2.24) is 5.32 Å². The first-order valence-electron chi connectivity index (χ1n) is 7.29. The lowest BCUT2D eigenvalue weighted by atomic mass is 9.70. The lowest BCUT2D eigenvalue weighted by molar-refractivity contribution is -0.360. The minimum atomic E-state index is -6.03. The van der Waals surface area contributed by atoms with Gasteiger partial charge in [0.05, 0.1) is 0 Å². The Morgan fingerprint density at radius 2 is 1.50 bits per heavy atom. The standard InChI is InChI=1S/C12H22F6NO4P/c1-5-9(19-4)8-10(6-2,7-3)11(13,12(14,15)16)21-24(20,22-17)23-18/h9,19H,5-8H2,1-4H3. The topological polar surface area (TPSA) is 56.8 Å². The molecule has 0 radical (unpaired) electrons. The maximum atomic E-state index is 15.1. The highest BCUT2D eigenvalue weighted by Gasteiger charge is 2.71. The van der Waals surface area contributed by atoms with Crippen LogP contribution in [0.1, 0.15) is 46.5 Å². The molecule has 1 N–H and O–H groups in total. The van der Waals surface area contributed by atoms with E-state index in [1.165, 1.54) is 20.9 Å². The van der Waals surface area contributed by atoms with Crippen LogP contribution in [0.4, 0.5) is 26.6 Å². The molecule has 5 nitrogen and oxygen atoms in total. The van der Waals surface area contributed by atoms with Crippen molar-refractivity contribution in [1.29, 1.82) is 0 Å². The normalized spacial score (nSPS) is 17.6. The quantitative estimate of drug-likeness (QED) is 0.382. The van der Waals surface area contributed by atoms with Gasteiger partial charge in [0.2, 0.25) is 0 Å². The molecule has 0 spiro atoms. The number of phosphoric acid groups is 1. The molecule has 0 amide bonds. The van der Waals surface area contributed by atoms with Crippen LogP contribution in [0.25, 0.3) is 0 Å². The van der Waals surface area contributed by atoms with Gasteiger partial charge in [0, 0.05) is 11.5 Å². The average molecular weight is 389 g/mol. The molecule has 0 saturated heterocycles. The van der Waals surface area contributed by atoms with Crippen molar-refractivity contribution >= 4 is 7.82 Å². The van der Waals surface area contributed by atoms with Crippen LogP contribution >= 0.6 is 7.82 Å². The molecule has 0 saturated carbocycles. The summed E-state index contributed by atoms with van der Waals surface area (Å²) < 4.78 is 99.7. The molecule has 2 atom stereocenters. The van der Waals surface area contributed by atoms with E-state index in [4.69, 9.17) is 0 Å². The molecule has 24 heavy (non-hydrogen) atoms. The van der Waals surface area contributed by atoms with Crippen LogP contribution in [-0.2, 0) is 18.5 Å². The molecule has 12 heteroatoms. The van der Waals surface area contributed by atoms with Crippen molar-refractivity contribution < 1.29 is 45.2 Å². The second-order valence-corrected chi connectivity index (χ2v) is 6.71. The third-order valence-electron chi connectivity index (χ3n) is 4.35. The highest BCUT2D eigenvalue weighted by molar-refractivity contribution is 7.48. The van der Waals surface area contributed by atoms with Crippen molar-refractivity contribution in [2.24, 2.45) is 5.41 Å². The van der Waals surface area contributed by atoms with Gasteiger partial charge in [0.15, 0.2) is 0 Å². The Kier molecular flexibility index (Phi) is 8.71. The Labute approximate surface area is 136 Å². The number of halogens is 6. The van der Waals surface area contributed by atoms with Gasteiger partial charge >= 0.3 is 19.9 Å². The molecule has 0 aromatic rings. The third kappa shape index (κ3) is 4.63. The number of alkyl halides is 4. The van der Waals surface area contributed by atoms with E-state index in [0.29, 0.717) is 6.42 Å². The van der Waals surface area contributed by atoms with Gasteiger partial charge in [-0.2, -0.15) is 13.2 Å². The predicted octanol–water partition coefficient (Wildman–Crippen LogP) is 5.34. The zero-order chi connectivity index (χ0) is 19.2. The average Bonchev–Trinajstić information content (AvgIpc) is 2.55. The van der Waals surface area contributed by atoms with Crippen LogP contribution in [0.2, 0.25) is 0 Å². The van der Waals surface area contributed by atoms with Crippen molar-refractivity contribution in [3.05, 3.63) is 0 Å². The first-order chi connectivity index (χ1) is 10.9. The zero-order valence-corrected chi connectivity index (χ0v) is 14.6. The zero-order valence-electron chi connectivity index (χ0n) is 13.8. The summed E-state index contributed by atoms with van der Waals surface area (Å²) in [6.07, 6.45) is -6.64. The molecule has 0 heterocycles. The second kappa shape index (κ2) is 8.84. The molecule has 0 rings (SSSR count). The summed E-state index contributed by atoms with van der Waals surface area (Å²) in [5.41, 5.74) is -2.29. The van der Waals surface area contributed by atoms with E-state index in [2.05, 4.69) is 19.3 Å². The lowest BCUT2D eigenvalue weighted by Gasteiger charge is -2.46. The summed E-state index contributed by atoms with van der Waals surface area (Å²) in [6, 6.07) is -0.553. The number of rotatable bonds is 11. The Morgan fingerprint density at radius 3 is 1.75 bits per heavy atom. The molecular formula is C12H22F6NO4P. The molecule has 146 valence electrons. The van der Waals surface area contributed by atoms with Crippen molar-refractivity contribution in [2.45, 2.75) is 64.5 Å². The molecule has 0 aromatic carbocycles. The second-order valence-electron chi connectivity index (χ2n) is 5.35. The van der Waals surface area contributed by atoms with Crippen molar-refractivity contribution in [2.75, 3.05) is 7.05 Å². The van der Waals surface area contributed by atoms with Gasteiger partial charge in [-0.05, 0) is 41.8 Å². The fourth-order valence-corrected chi connectivity index (χ4v) is 3.37. The molecule has 0 fully saturated rings.